The van der Waals surface area contributed by atoms with Crippen LogP contribution in [0.4, 0.5) is 0 Å². The summed E-state index contributed by atoms with van der Waals surface area (Å²) in [5, 5.41) is 0. The van der Waals surface area contributed by atoms with Crippen LogP contribution in [-0.2, 0) is 6.42 Å². The van der Waals surface area contributed by atoms with Crippen LogP contribution in [0.5, 0.6) is 0 Å². The summed E-state index contributed by atoms with van der Waals surface area (Å²) in [6, 6.07) is 6.74. The van der Waals surface area contributed by atoms with Crippen molar-refractivity contribution < 1.29 is 0 Å². The molecule has 0 spiro atoms. The highest BCUT2D eigenvalue weighted by Gasteiger charge is 2.28. The van der Waals surface area contributed by atoms with Gasteiger partial charge >= 0.3 is 0 Å². The molecule has 0 aliphatic heterocycles. The van der Waals surface area contributed by atoms with E-state index in [9.17, 15) is 0 Å². The second-order valence-corrected chi connectivity index (χ2v) is 15.1. The minimum Gasteiger partial charge on any atom is -0.120 e. The van der Waals surface area contributed by atoms with Gasteiger partial charge in [0.05, 0.1) is 0 Å². The predicted molar refractivity (Wildman–Crippen MR) is 203 cm³/mol. The zero-order valence-corrected chi connectivity index (χ0v) is 31.3. The van der Waals surface area contributed by atoms with Crippen molar-refractivity contribution in [3.63, 3.8) is 0 Å². The molecule has 3 unspecified atom stereocenters. The van der Waals surface area contributed by atoms with Crippen LogP contribution in [0.1, 0.15) is 150 Å². The lowest BCUT2D eigenvalue weighted by atomic mass is 9.72. The molecule has 0 heterocycles. The highest BCUT2D eigenvalue weighted by atomic mass is 14.3. The average Bonchev–Trinajstić information content (AvgIpc) is 3.69. The molecule has 0 N–H and O–H groups in total. The van der Waals surface area contributed by atoms with Gasteiger partial charge in [0.15, 0.2) is 0 Å². The van der Waals surface area contributed by atoms with E-state index in [1.165, 1.54) is 103 Å². The van der Waals surface area contributed by atoms with Crippen molar-refractivity contribution in [3.8, 4) is 0 Å². The summed E-state index contributed by atoms with van der Waals surface area (Å²) >= 11 is 0. The Hall–Kier alpha value is -2.52. The minimum atomic E-state index is 0.493. The maximum absolute atomic E-state index is 4.00. The van der Waals surface area contributed by atoms with Gasteiger partial charge < -0.3 is 0 Å². The van der Waals surface area contributed by atoms with E-state index in [0.29, 0.717) is 17.3 Å². The Kier molecular flexibility index (Phi) is 16.5. The standard InChI is InChI=1S/C24H24.C12H24.C7H14.C2H6/c1-17-8-4-3-5-13-22(23(17)20-10-7-11-20)24-18(2)9-6-12-21(24)16-19-14-15-19;1-7-8-12(5,6)9-11(4)10(2)3;1-6-3-4-7(2)5-6;1-2/h3,5-6,8-9,12,14,20H,7,10-11,15-16H2,1-2H3;11H,2,7-9H2,1,3-6H3;6-7H,3-5H2,1-2H3;1-2H3/b23-17-;;;. The van der Waals surface area contributed by atoms with Gasteiger partial charge in [0, 0.05) is 5.57 Å². The van der Waals surface area contributed by atoms with Gasteiger partial charge in [0.2, 0.25) is 0 Å². The van der Waals surface area contributed by atoms with Crippen molar-refractivity contribution in [1.29, 1.82) is 0 Å². The van der Waals surface area contributed by atoms with E-state index in [1.54, 1.807) is 5.57 Å². The lowest BCUT2D eigenvalue weighted by Gasteiger charge is -2.31. The molecule has 4 aliphatic carbocycles. The third kappa shape index (κ3) is 13.0. The molecular weight excluding hydrogens is 540 g/mol. The fourth-order valence-corrected chi connectivity index (χ4v) is 7.10. The number of benzene rings is 1. The zero-order chi connectivity index (χ0) is 33.6. The maximum Gasteiger partial charge on any atom is 0.0280 e. The van der Waals surface area contributed by atoms with Crippen LogP contribution in [0.15, 0.2) is 82.8 Å². The van der Waals surface area contributed by atoms with Gasteiger partial charge in [-0.1, -0.05) is 123 Å². The molecule has 4 aliphatic rings. The molecule has 45 heavy (non-hydrogen) atoms. The molecule has 0 heteroatoms. The second kappa shape index (κ2) is 19.2. The molecule has 2 saturated carbocycles. The highest BCUT2D eigenvalue weighted by Crippen LogP contribution is 2.44. The molecule has 2 fully saturated rings. The summed E-state index contributed by atoms with van der Waals surface area (Å²) in [6.45, 7) is 28.6. The van der Waals surface area contributed by atoms with Crippen LogP contribution < -0.4 is 0 Å². The van der Waals surface area contributed by atoms with Crippen LogP contribution in [0.2, 0.25) is 0 Å². The van der Waals surface area contributed by atoms with Crippen molar-refractivity contribution in [2.75, 3.05) is 0 Å². The van der Waals surface area contributed by atoms with Crippen LogP contribution in [0, 0.1) is 36.0 Å². The van der Waals surface area contributed by atoms with E-state index < -0.39 is 0 Å². The molecule has 248 valence electrons. The Morgan fingerprint density at radius 2 is 1.67 bits per heavy atom. The van der Waals surface area contributed by atoms with E-state index in [4.69, 9.17) is 0 Å². The van der Waals surface area contributed by atoms with Gasteiger partial charge in [0.25, 0.3) is 0 Å². The zero-order valence-electron chi connectivity index (χ0n) is 31.3. The van der Waals surface area contributed by atoms with E-state index in [1.807, 2.05) is 26.0 Å². The highest BCUT2D eigenvalue weighted by molar-refractivity contribution is 5.84. The number of rotatable bonds is 9. The summed E-state index contributed by atoms with van der Waals surface area (Å²) in [6.07, 6.45) is 23.0. The Balaban J connectivity index is 0.000000280. The normalized spacial score (nSPS) is 22.6. The fourth-order valence-electron chi connectivity index (χ4n) is 7.10. The Morgan fingerprint density at radius 3 is 2.16 bits per heavy atom. The fraction of sp³-hybridized carbons (Fsp3) is 0.600. The second-order valence-electron chi connectivity index (χ2n) is 15.1. The summed E-state index contributed by atoms with van der Waals surface area (Å²) < 4.78 is 0. The number of hydrogen-bond acceptors (Lipinski definition) is 0. The van der Waals surface area contributed by atoms with Crippen LogP contribution >= 0.6 is 0 Å². The average molecular weight is 609 g/mol. The van der Waals surface area contributed by atoms with Crippen molar-refractivity contribution in [2.45, 2.75) is 147 Å². The Labute approximate surface area is 280 Å². The molecule has 0 saturated heterocycles. The Bertz CT molecular complexity index is 1280. The molecule has 1 aromatic rings. The first-order valence-corrected chi connectivity index (χ1v) is 18.4. The van der Waals surface area contributed by atoms with Crippen molar-refractivity contribution in [1.82, 2.24) is 0 Å². The predicted octanol–water partition coefficient (Wildman–Crippen LogP) is 14.1. The lowest BCUT2D eigenvalue weighted by Crippen LogP contribution is -2.17. The van der Waals surface area contributed by atoms with Crippen LogP contribution in [0.3, 0.4) is 0 Å². The molecule has 0 nitrogen and oxygen atoms in total. The molecule has 5 rings (SSSR count). The monoisotopic (exact) mass is 609 g/mol. The molecule has 0 amide bonds. The molecule has 0 bridgehead atoms. The first-order chi connectivity index (χ1) is 21.4. The van der Waals surface area contributed by atoms with Gasteiger partial charge in [-0.15, -0.1) is 11.5 Å². The van der Waals surface area contributed by atoms with Crippen molar-refractivity contribution in [2.24, 2.45) is 29.1 Å². The maximum atomic E-state index is 4.00. The minimum absolute atomic E-state index is 0.493. The van der Waals surface area contributed by atoms with Crippen LogP contribution in [0.25, 0.3) is 5.57 Å². The van der Waals surface area contributed by atoms with Gasteiger partial charge in [0.1, 0.15) is 0 Å². The summed E-state index contributed by atoms with van der Waals surface area (Å²) in [5.74, 6) is 3.40. The lowest BCUT2D eigenvalue weighted by molar-refractivity contribution is 0.270. The summed E-state index contributed by atoms with van der Waals surface area (Å²) in [7, 11) is 0. The first-order valence-electron chi connectivity index (χ1n) is 18.4. The molecule has 0 radical (unpaired) electrons. The van der Waals surface area contributed by atoms with Crippen molar-refractivity contribution in [3.05, 3.63) is 99.5 Å². The van der Waals surface area contributed by atoms with Gasteiger partial charge in [-0.25, -0.2) is 0 Å². The van der Waals surface area contributed by atoms with E-state index in [2.05, 4.69) is 111 Å². The SMILES string of the molecule is C/C1=C(\C2CCC2)C(c2c(C)cccc2CC2=CC2)=C=CC=C=C1.C=C(C)C(C)CC(C)(C)CCC.CC.CC1CCC(C)C1. The largest absolute Gasteiger partial charge is 0.120 e. The molecule has 0 aromatic heterocycles. The topological polar surface area (TPSA) is 0 Å². The third-order valence-corrected chi connectivity index (χ3v) is 10.0. The smallest absolute Gasteiger partial charge is 0.0280 e. The molecular formula is C45H68. The number of allylic oxidation sites excluding steroid dienone is 7. The summed E-state index contributed by atoms with van der Waals surface area (Å²) in [5.41, 5.74) is 18.7. The number of hydrogen-bond donors (Lipinski definition) is 0. The van der Waals surface area contributed by atoms with E-state index in [0.717, 1.165) is 18.3 Å². The van der Waals surface area contributed by atoms with Crippen LogP contribution in [-0.4, -0.2) is 0 Å². The molecule has 1 aromatic carbocycles. The summed E-state index contributed by atoms with van der Waals surface area (Å²) in [4.78, 5) is 0. The van der Waals surface area contributed by atoms with Gasteiger partial charge in [-0.3, -0.25) is 0 Å². The van der Waals surface area contributed by atoms with Gasteiger partial charge in [-0.05, 0) is 141 Å². The van der Waals surface area contributed by atoms with E-state index in [-0.39, 0.29) is 0 Å². The van der Waals surface area contributed by atoms with E-state index >= 15 is 0 Å². The van der Waals surface area contributed by atoms with Crippen molar-refractivity contribution >= 4 is 5.57 Å². The van der Waals surface area contributed by atoms with Gasteiger partial charge in [-0.2, -0.15) is 0 Å². The Morgan fingerprint density at radius 1 is 1.02 bits per heavy atom. The third-order valence-electron chi connectivity index (χ3n) is 10.0. The first kappa shape index (κ1) is 38.7. The number of aryl methyl sites for hydroxylation is 1. The molecule has 3 atom stereocenters. The quantitative estimate of drug-likeness (QED) is 0.193.